The van der Waals surface area contributed by atoms with Gasteiger partial charge in [-0.05, 0) is 51.8 Å². The van der Waals surface area contributed by atoms with Gasteiger partial charge in [-0.3, -0.25) is 0 Å². The normalized spacial score (nSPS) is 10.9. The predicted octanol–water partition coefficient (Wildman–Crippen LogP) is 3.15. The zero-order valence-corrected chi connectivity index (χ0v) is 12.2. The molecular formula is C15H23NO3. The molecule has 4 heteroatoms. The first-order valence-electron chi connectivity index (χ1n) is 6.59. The van der Waals surface area contributed by atoms with Crippen molar-refractivity contribution >= 4 is 6.09 Å². The molecule has 0 unspecified atom stereocenters. The van der Waals surface area contributed by atoms with E-state index in [1.54, 1.807) is 0 Å². The number of benzene rings is 1. The zero-order chi connectivity index (χ0) is 14.3. The van der Waals surface area contributed by atoms with Crippen molar-refractivity contribution < 1.29 is 14.3 Å². The molecule has 4 nitrogen and oxygen atoms in total. The van der Waals surface area contributed by atoms with Gasteiger partial charge in [0, 0.05) is 6.54 Å². The summed E-state index contributed by atoms with van der Waals surface area (Å²) < 4.78 is 10.5. The second-order valence-corrected chi connectivity index (χ2v) is 5.26. The van der Waals surface area contributed by atoms with Crippen LogP contribution < -0.4 is 10.1 Å². The van der Waals surface area contributed by atoms with Gasteiger partial charge in [-0.15, -0.1) is 0 Å². The molecule has 0 radical (unpaired) electrons. The lowest BCUT2D eigenvalue weighted by Crippen LogP contribution is -2.33. The standard InChI is InChI=1S/C15H23NO3/c1-5-18-13-8-6-12(7-9-13)10-11-16-14(17)19-15(2,3)4/h6-9H,5,10-11H2,1-4H3,(H,16,17). The zero-order valence-electron chi connectivity index (χ0n) is 12.2. The average molecular weight is 265 g/mol. The summed E-state index contributed by atoms with van der Waals surface area (Å²) >= 11 is 0. The van der Waals surface area contributed by atoms with E-state index >= 15 is 0 Å². The highest BCUT2D eigenvalue weighted by Crippen LogP contribution is 2.12. The van der Waals surface area contributed by atoms with E-state index in [1.165, 1.54) is 0 Å². The quantitative estimate of drug-likeness (QED) is 0.889. The maximum atomic E-state index is 11.4. The lowest BCUT2D eigenvalue weighted by Gasteiger charge is -2.19. The lowest BCUT2D eigenvalue weighted by molar-refractivity contribution is 0.0528. The number of alkyl carbamates (subject to hydrolysis) is 1. The van der Waals surface area contributed by atoms with Crippen LogP contribution in [-0.2, 0) is 11.2 Å². The van der Waals surface area contributed by atoms with Crippen molar-refractivity contribution in [3.63, 3.8) is 0 Å². The Hall–Kier alpha value is -1.71. The van der Waals surface area contributed by atoms with Crippen molar-refractivity contribution in [1.82, 2.24) is 5.32 Å². The molecule has 1 aromatic carbocycles. The summed E-state index contributed by atoms with van der Waals surface area (Å²) in [5.41, 5.74) is 0.697. The van der Waals surface area contributed by atoms with Crippen LogP contribution in [0.2, 0.25) is 0 Å². The highest BCUT2D eigenvalue weighted by molar-refractivity contribution is 5.67. The Balaban J connectivity index is 2.31. The van der Waals surface area contributed by atoms with E-state index in [0.29, 0.717) is 13.2 Å². The Morgan fingerprint density at radius 1 is 1.21 bits per heavy atom. The van der Waals surface area contributed by atoms with Crippen LogP contribution in [0.1, 0.15) is 33.3 Å². The molecule has 0 heterocycles. The van der Waals surface area contributed by atoms with Crippen molar-refractivity contribution in [2.75, 3.05) is 13.2 Å². The Morgan fingerprint density at radius 2 is 1.84 bits per heavy atom. The largest absolute Gasteiger partial charge is 0.494 e. The lowest BCUT2D eigenvalue weighted by atomic mass is 10.1. The number of amides is 1. The minimum atomic E-state index is -0.455. The second kappa shape index (κ2) is 7.02. The van der Waals surface area contributed by atoms with E-state index in [1.807, 2.05) is 52.0 Å². The highest BCUT2D eigenvalue weighted by atomic mass is 16.6. The van der Waals surface area contributed by atoms with Crippen molar-refractivity contribution in [2.24, 2.45) is 0 Å². The van der Waals surface area contributed by atoms with Gasteiger partial charge in [-0.25, -0.2) is 4.79 Å². The van der Waals surface area contributed by atoms with Crippen molar-refractivity contribution in [1.29, 1.82) is 0 Å². The van der Waals surface area contributed by atoms with Crippen molar-refractivity contribution in [3.8, 4) is 5.75 Å². The first-order valence-corrected chi connectivity index (χ1v) is 6.59. The van der Waals surface area contributed by atoms with Gasteiger partial charge in [0.15, 0.2) is 0 Å². The molecule has 106 valence electrons. The number of hydrogen-bond acceptors (Lipinski definition) is 3. The summed E-state index contributed by atoms with van der Waals surface area (Å²) in [5, 5.41) is 2.74. The number of nitrogens with one attached hydrogen (secondary N) is 1. The monoisotopic (exact) mass is 265 g/mol. The van der Waals surface area contributed by atoms with Crippen LogP contribution in [0.15, 0.2) is 24.3 Å². The van der Waals surface area contributed by atoms with E-state index in [4.69, 9.17) is 9.47 Å². The van der Waals surface area contributed by atoms with Crippen molar-refractivity contribution in [3.05, 3.63) is 29.8 Å². The molecule has 0 spiro atoms. The van der Waals surface area contributed by atoms with Crippen molar-refractivity contribution in [2.45, 2.75) is 39.7 Å². The molecule has 1 aromatic rings. The Kier molecular flexibility index (Phi) is 5.67. The van der Waals surface area contributed by atoms with Gasteiger partial charge < -0.3 is 14.8 Å². The summed E-state index contributed by atoms with van der Waals surface area (Å²) in [6.45, 7) is 8.72. The van der Waals surface area contributed by atoms with Crippen LogP contribution in [-0.4, -0.2) is 24.8 Å². The van der Waals surface area contributed by atoms with Gasteiger partial charge in [-0.1, -0.05) is 12.1 Å². The third-order valence-electron chi connectivity index (χ3n) is 2.32. The molecule has 1 rings (SSSR count). The van der Waals surface area contributed by atoms with E-state index < -0.39 is 5.60 Å². The molecule has 0 aliphatic rings. The number of carbonyl (C=O) groups is 1. The fourth-order valence-electron chi connectivity index (χ4n) is 1.54. The average Bonchev–Trinajstić information content (AvgIpc) is 2.29. The Labute approximate surface area is 115 Å². The summed E-state index contributed by atoms with van der Waals surface area (Å²) in [5.74, 6) is 0.867. The molecule has 0 bridgehead atoms. The Morgan fingerprint density at radius 3 is 2.37 bits per heavy atom. The van der Waals surface area contributed by atoms with Crippen LogP contribution in [0, 0.1) is 0 Å². The highest BCUT2D eigenvalue weighted by Gasteiger charge is 2.15. The van der Waals surface area contributed by atoms with Gasteiger partial charge in [0.25, 0.3) is 0 Å². The molecule has 0 aromatic heterocycles. The third kappa shape index (κ3) is 6.70. The van der Waals surface area contributed by atoms with Crippen LogP contribution in [0.25, 0.3) is 0 Å². The molecule has 0 fully saturated rings. The van der Waals surface area contributed by atoms with Gasteiger partial charge in [0.05, 0.1) is 6.61 Å². The number of rotatable bonds is 5. The topological polar surface area (TPSA) is 47.6 Å². The predicted molar refractivity (Wildman–Crippen MR) is 75.6 cm³/mol. The number of carbonyl (C=O) groups excluding carboxylic acids is 1. The minimum Gasteiger partial charge on any atom is -0.494 e. The maximum absolute atomic E-state index is 11.4. The molecular weight excluding hydrogens is 242 g/mol. The van der Waals surface area contributed by atoms with Crippen LogP contribution in [0.5, 0.6) is 5.75 Å². The molecule has 0 saturated carbocycles. The first-order chi connectivity index (χ1) is 8.90. The molecule has 0 saturated heterocycles. The molecule has 1 amide bonds. The SMILES string of the molecule is CCOc1ccc(CCNC(=O)OC(C)(C)C)cc1. The smallest absolute Gasteiger partial charge is 0.407 e. The maximum Gasteiger partial charge on any atom is 0.407 e. The molecule has 1 N–H and O–H groups in total. The summed E-state index contributed by atoms with van der Waals surface area (Å²) in [4.78, 5) is 11.4. The van der Waals surface area contributed by atoms with Gasteiger partial charge in [0.1, 0.15) is 11.4 Å². The minimum absolute atomic E-state index is 0.376. The van der Waals surface area contributed by atoms with E-state index in [-0.39, 0.29) is 6.09 Å². The fourth-order valence-corrected chi connectivity index (χ4v) is 1.54. The molecule has 0 aliphatic carbocycles. The number of hydrogen-bond donors (Lipinski definition) is 1. The van der Waals surface area contributed by atoms with E-state index in [2.05, 4.69) is 5.32 Å². The summed E-state index contributed by atoms with van der Waals surface area (Å²) in [7, 11) is 0. The first kappa shape index (κ1) is 15.3. The van der Waals surface area contributed by atoms with Crippen LogP contribution >= 0.6 is 0 Å². The van der Waals surface area contributed by atoms with E-state index in [0.717, 1.165) is 17.7 Å². The fraction of sp³-hybridized carbons (Fsp3) is 0.533. The molecule has 0 aliphatic heterocycles. The second-order valence-electron chi connectivity index (χ2n) is 5.26. The number of ether oxygens (including phenoxy) is 2. The summed E-state index contributed by atoms with van der Waals surface area (Å²) in [6.07, 6.45) is 0.393. The van der Waals surface area contributed by atoms with Gasteiger partial charge >= 0.3 is 6.09 Å². The summed E-state index contributed by atoms with van der Waals surface area (Å²) in [6, 6.07) is 7.88. The van der Waals surface area contributed by atoms with Gasteiger partial charge in [0.2, 0.25) is 0 Å². The molecule has 0 atom stereocenters. The molecule has 19 heavy (non-hydrogen) atoms. The van der Waals surface area contributed by atoms with Crippen LogP contribution in [0.4, 0.5) is 4.79 Å². The van der Waals surface area contributed by atoms with E-state index in [9.17, 15) is 4.79 Å². The van der Waals surface area contributed by atoms with Crippen LogP contribution in [0.3, 0.4) is 0 Å². The Bertz CT molecular complexity index is 393. The van der Waals surface area contributed by atoms with Gasteiger partial charge in [-0.2, -0.15) is 0 Å². The third-order valence-corrected chi connectivity index (χ3v) is 2.32.